The third-order valence-electron chi connectivity index (χ3n) is 2.74. The highest BCUT2D eigenvalue weighted by Crippen LogP contribution is 1.91. The zero-order chi connectivity index (χ0) is 28.8. The van der Waals surface area contributed by atoms with Crippen LogP contribution in [0.15, 0.2) is 49.6 Å². The molecule has 0 aliphatic heterocycles. The van der Waals surface area contributed by atoms with Gasteiger partial charge in [0.05, 0.1) is 26.4 Å². The number of aliphatic hydroxyl groups excluding tert-OH is 2. The van der Waals surface area contributed by atoms with Gasteiger partial charge < -0.3 is 38.6 Å². The molecule has 0 bridgehead atoms. The first kappa shape index (κ1) is 39.9. The molecule has 0 aliphatic rings. The van der Waals surface area contributed by atoms with Crippen LogP contribution in [0.1, 0.15) is 13.8 Å². The fourth-order valence-electron chi connectivity index (χ4n) is 1.09. The molecular weight excluding hydrogens is 480 g/mol. The summed E-state index contributed by atoms with van der Waals surface area (Å²) in [5, 5.41) is 16.3. The summed E-state index contributed by atoms with van der Waals surface area (Å²) in [5.74, 6) is -1.73. The Hall–Kier alpha value is -3.32. The maximum absolute atomic E-state index is 10.6. The van der Waals surface area contributed by atoms with E-state index in [4.69, 9.17) is 10.2 Å². The van der Waals surface area contributed by atoms with Crippen LogP contribution in [0, 0.1) is 0 Å². The van der Waals surface area contributed by atoms with Crippen molar-refractivity contribution in [2.75, 3.05) is 67.1 Å². The predicted molar refractivity (Wildman–Crippen MR) is 132 cm³/mol. The second-order valence-electron chi connectivity index (χ2n) is 6.01. The van der Waals surface area contributed by atoms with Crippen molar-refractivity contribution in [3.63, 3.8) is 0 Å². The molecule has 2 N–H and O–H groups in total. The summed E-state index contributed by atoms with van der Waals surface area (Å²) in [6, 6.07) is 0. The van der Waals surface area contributed by atoms with E-state index in [-0.39, 0.29) is 32.4 Å². The largest absolute Gasteiger partial charge is 0.460 e. The van der Waals surface area contributed by atoms with E-state index in [0.29, 0.717) is 37.6 Å². The summed E-state index contributed by atoms with van der Waals surface area (Å²) in [6.07, 6.45) is 2.17. The van der Waals surface area contributed by atoms with Gasteiger partial charge in [0.1, 0.15) is 26.4 Å². The van der Waals surface area contributed by atoms with Gasteiger partial charge in [0.2, 0.25) is 0 Å². The Labute approximate surface area is 212 Å². The van der Waals surface area contributed by atoms with Gasteiger partial charge >= 0.3 is 23.9 Å². The van der Waals surface area contributed by atoms with E-state index in [0.717, 1.165) is 12.2 Å². The second kappa shape index (κ2) is 31.7. The quantitative estimate of drug-likeness (QED) is 0.144. The first-order chi connectivity index (χ1) is 17.0. The third-order valence-corrected chi connectivity index (χ3v) is 2.74. The Bertz CT molecular complexity index is 653. The summed E-state index contributed by atoms with van der Waals surface area (Å²) in [7, 11) is 3.09. The zero-order valence-electron chi connectivity index (χ0n) is 21.6. The number of hydrogen-bond donors (Lipinski definition) is 2. The van der Waals surface area contributed by atoms with Gasteiger partial charge in [-0.15, -0.1) is 0 Å². The van der Waals surface area contributed by atoms with Crippen LogP contribution >= 0.6 is 0 Å². The maximum atomic E-state index is 10.6. The number of rotatable bonds is 14. The number of esters is 4. The van der Waals surface area contributed by atoms with Gasteiger partial charge in [-0.2, -0.15) is 0 Å². The normalized spacial score (nSPS) is 8.61. The first-order valence-corrected chi connectivity index (χ1v) is 10.4. The van der Waals surface area contributed by atoms with Crippen LogP contribution in [0.5, 0.6) is 0 Å². The van der Waals surface area contributed by atoms with Crippen molar-refractivity contribution in [3.8, 4) is 0 Å². The number of methoxy groups -OCH3 is 2. The molecular formula is C24H40O12. The summed E-state index contributed by atoms with van der Waals surface area (Å²) >= 11 is 0. The van der Waals surface area contributed by atoms with E-state index < -0.39 is 17.9 Å². The predicted octanol–water partition coefficient (Wildman–Crippen LogP) is 0.920. The first-order valence-electron chi connectivity index (χ1n) is 10.4. The molecule has 0 rings (SSSR count). The van der Waals surface area contributed by atoms with Crippen molar-refractivity contribution in [2.24, 2.45) is 0 Å². The molecule has 0 radical (unpaired) electrons. The molecule has 0 fully saturated rings. The number of carbonyl (C=O) groups excluding carboxylic acids is 4. The molecule has 0 heterocycles. The lowest BCUT2D eigenvalue weighted by molar-refractivity contribution is -0.140. The minimum atomic E-state index is -0.501. The van der Waals surface area contributed by atoms with Crippen molar-refractivity contribution < 1.29 is 57.8 Å². The van der Waals surface area contributed by atoms with Crippen LogP contribution in [0.2, 0.25) is 0 Å². The standard InChI is InChI=1S/C7H12O3.2C6H10O3.C5H8O3/c1-6(2)7(8)10-5-4-9-3;1-5(2)6(8)9-4-3-7;1-3-6(7)9-5-4-8-2;1-2-5(7)8-4-3-6/h1,4-5H2,2-3H3;7H,1,3-4H2,2H3;3H,1,4-5H2,2H3;2,6H,1,3-4H2. The van der Waals surface area contributed by atoms with Crippen molar-refractivity contribution in [1.29, 1.82) is 0 Å². The summed E-state index contributed by atoms with van der Waals surface area (Å²) in [6.45, 7) is 17.6. The van der Waals surface area contributed by atoms with Crippen molar-refractivity contribution in [1.82, 2.24) is 0 Å². The lowest BCUT2D eigenvalue weighted by atomic mass is 10.4. The van der Waals surface area contributed by atoms with Crippen molar-refractivity contribution in [2.45, 2.75) is 13.8 Å². The van der Waals surface area contributed by atoms with Gasteiger partial charge in [-0.05, 0) is 13.8 Å². The topological polar surface area (TPSA) is 164 Å². The van der Waals surface area contributed by atoms with E-state index in [9.17, 15) is 19.2 Å². The van der Waals surface area contributed by atoms with E-state index in [2.05, 4.69) is 54.7 Å². The molecule has 208 valence electrons. The van der Waals surface area contributed by atoms with E-state index in [1.165, 1.54) is 0 Å². The van der Waals surface area contributed by atoms with Crippen LogP contribution in [0.4, 0.5) is 0 Å². The summed E-state index contributed by atoms with van der Waals surface area (Å²) < 4.78 is 27.3. The fraction of sp³-hybridized carbons (Fsp3) is 0.500. The van der Waals surface area contributed by atoms with E-state index in [1.807, 2.05) is 0 Å². The highest BCUT2D eigenvalue weighted by atomic mass is 16.6. The Morgan fingerprint density at radius 1 is 0.611 bits per heavy atom. The Kier molecular flexibility index (Phi) is 35.1. The fourth-order valence-corrected chi connectivity index (χ4v) is 1.09. The molecule has 36 heavy (non-hydrogen) atoms. The van der Waals surface area contributed by atoms with Gasteiger partial charge in [0.25, 0.3) is 0 Å². The van der Waals surface area contributed by atoms with Crippen LogP contribution < -0.4 is 0 Å². The highest BCUT2D eigenvalue weighted by Gasteiger charge is 2.01. The van der Waals surface area contributed by atoms with E-state index in [1.54, 1.807) is 28.1 Å². The van der Waals surface area contributed by atoms with Crippen molar-refractivity contribution in [3.05, 3.63) is 49.6 Å². The van der Waals surface area contributed by atoms with Crippen molar-refractivity contribution >= 4 is 23.9 Å². The monoisotopic (exact) mass is 520 g/mol. The molecule has 0 aromatic carbocycles. The number of hydrogen-bond acceptors (Lipinski definition) is 12. The summed E-state index contributed by atoms with van der Waals surface area (Å²) in [4.78, 5) is 41.5. The molecule has 0 spiro atoms. The molecule has 0 unspecified atom stereocenters. The molecule has 12 heteroatoms. The minimum Gasteiger partial charge on any atom is -0.460 e. The Morgan fingerprint density at radius 2 is 0.917 bits per heavy atom. The Morgan fingerprint density at radius 3 is 1.22 bits per heavy atom. The van der Waals surface area contributed by atoms with Gasteiger partial charge in [0, 0.05) is 37.5 Å². The average molecular weight is 521 g/mol. The maximum Gasteiger partial charge on any atom is 0.333 e. The SMILES string of the molecule is C=C(C)C(=O)OCCO.C=C(C)C(=O)OCCOC.C=CC(=O)OCCO.C=CC(=O)OCCOC. The lowest BCUT2D eigenvalue weighted by Crippen LogP contribution is -2.09. The molecule has 0 atom stereocenters. The smallest absolute Gasteiger partial charge is 0.333 e. The lowest BCUT2D eigenvalue weighted by Gasteiger charge is -2.01. The van der Waals surface area contributed by atoms with Gasteiger partial charge in [-0.3, -0.25) is 0 Å². The average Bonchev–Trinajstić information content (AvgIpc) is 2.86. The second-order valence-corrected chi connectivity index (χ2v) is 6.01. The molecule has 0 aliphatic carbocycles. The van der Waals surface area contributed by atoms with Crippen LogP contribution in [-0.4, -0.2) is 101 Å². The Balaban J connectivity index is -0.000000190. The van der Waals surface area contributed by atoms with Gasteiger partial charge in [-0.25, -0.2) is 19.2 Å². The molecule has 0 aromatic heterocycles. The zero-order valence-corrected chi connectivity index (χ0v) is 21.6. The minimum absolute atomic E-state index is 0.0465. The van der Waals surface area contributed by atoms with Crippen LogP contribution in [0.25, 0.3) is 0 Å². The number of carbonyl (C=O) groups is 4. The van der Waals surface area contributed by atoms with Crippen LogP contribution in [-0.2, 0) is 47.6 Å². The van der Waals surface area contributed by atoms with E-state index >= 15 is 0 Å². The number of ether oxygens (including phenoxy) is 6. The number of aliphatic hydroxyl groups is 2. The third kappa shape index (κ3) is 38.0. The van der Waals surface area contributed by atoms with Gasteiger partial charge in [0.15, 0.2) is 0 Å². The molecule has 0 saturated heterocycles. The summed E-state index contributed by atoms with van der Waals surface area (Å²) in [5.41, 5.74) is 0.763. The molecule has 12 nitrogen and oxygen atoms in total. The molecule has 0 saturated carbocycles. The van der Waals surface area contributed by atoms with Gasteiger partial charge in [-0.1, -0.05) is 26.3 Å². The molecule has 0 amide bonds. The van der Waals surface area contributed by atoms with Crippen LogP contribution in [0.3, 0.4) is 0 Å². The molecule has 0 aromatic rings. The highest BCUT2D eigenvalue weighted by molar-refractivity contribution is 5.87.